The Kier molecular flexibility index (Phi) is 6.48. The third kappa shape index (κ3) is 5.21. The lowest BCUT2D eigenvalue weighted by atomic mass is 10.3. The molecule has 0 heterocycles. The Bertz CT molecular complexity index is 247. The molecule has 15 heavy (non-hydrogen) atoms. The standard InChI is InChI=1S/C12H19NOS/c1-3-13-11(9-14-2)10-15-12-7-5-4-6-8-12/h4-8,11,13H,3,9-10H2,1-2H3. The minimum atomic E-state index is 0.435. The highest BCUT2D eigenvalue weighted by Gasteiger charge is 2.06. The average Bonchev–Trinajstić information content (AvgIpc) is 2.28. The lowest BCUT2D eigenvalue weighted by Gasteiger charge is -2.16. The van der Waals surface area contributed by atoms with Crippen molar-refractivity contribution < 1.29 is 4.74 Å². The van der Waals surface area contributed by atoms with Crippen LogP contribution in [0.5, 0.6) is 0 Å². The van der Waals surface area contributed by atoms with E-state index in [1.165, 1.54) is 4.90 Å². The van der Waals surface area contributed by atoms with Crippen molar-refractivity contribution in [2.75, 3.05) is 26.0 Å². The molecule has 0 aliphatic rings. The summed E-state index contributed by atoms with van der Waals surface area (Å²) in [5.41, 5.74) is 0. The second-order valence-corrected chi connectivity index (χ2v) is 4.43. The van der Waals surface area contributed by atoms with Crippen molar-refractivity contribution in [3.63, 3.8) is 0 Å². The average molecular weight is 225 g/mol. The number of ether oxygens (including phenoxy) is 1. The first kappa shape index (κ1) is 12.6. The summed E-state index contributed by atoms with van der Waals surface area (Å²) < 4.78 is 5.17. The van der Waals surface area contributed by atoms with Crippen molar-refractivity contribution >= 4 is 11.8 Å². The van der Waals surface area contributed by atoms with E-state index < -0.39 is 0 Å². The van der Waals surface area contributed by atoms with Gasteiger partial charge in [0.25, 0.3) is 0 Å². The van der Waals surface area contributed by atoms with Gasteiger partial charge in [-0.05, 0) is 18.7 Å². The summed E-state index contributed by atoms with van der Waals surface area (Å²) in [6.45, 7) is 3.88. The van der Waals surface area contributed by atoms with Crippen LogP contribution in [0.25, 0.3) is 0 Å². The molecule has 0 bridgehead atoms. The molecule has 0 saturated carbocycles. The number of rotatable bonds is 7. The van der Waals surface area contributed by atoms with E-state index in [1.54, 1.807) is 7.11 Å². The van der Waals surface area contributed by atoms with E-state index in [9.17, 15) is 0 Å². The number of hydrogen-bond donors (Lipinski definition) is 1. The Morgan fingerprint density at radius 2 is 2.07 bits per heavy atom. The van der Waals surface area contributed by atoms with Crippen molar-refractivity contribution in [1.29, 1.82) is 0 Å². The van der Waals surface area contributed by atoms with Crippen molar-refractivity contribution in [1.82, 2.24) is 5.32 Å². The Morgan fingerprint density at radius 3 is 2.67 bits per heavy atom. The molecule has 1 aromatic carbocycles. The maximum atomic E-state index is 5.17. The van der Waals surface area contributed by atoms with Gasteiger partial charge in [0, 0.05) is 23.8 Å². The van der Waals surface area contributed by atoms with Gasteiger partial charge in [-0.15, -0.1) is 11.8 Å². The summed E-state index contributed by atoms with van der Waals surface area (Å²) in [4.78, 5) is 1.32. The molecule has 0 fully saturated rings. The van der Waals surface area contributed by atoms with E-state index >= 15 is 0 Å². The maximum Gasteiger partial charge on any atom is 0.0624 e. The lowest BCUT2D eigenvalue weighted by Crippen LogP contribution is -2.35. The van der Waals surface area contributed by atoms with Gasteiger partial charge in [0.15, 0.2) is 0 Å². The zero-order chi connectivity index (χ0) is 10.9. The molecule has 1 N–H and O–H groups in total. The number of nitrogens with one attached hydrogen (secondary N) is 1. The molecule has 2 nitrogen and oxygen atoms in total. The van der Waals surface area contributed by atoms with Gasteiger partial charge in [0.1, 0.15) is 0 Å². The van der Waals surface area contributed by atoms with Crippen LogP contribution in [-0.4, -0.2) is 32.1 Å². The SMILES string of the molecule is CCNC(COC)CSc1ccccc1. The maximum absolute atomic E-state index is 5.17. The first-order valence-electron chi connectivity index (χ1n) is 5.27. The number of benzene rings is 1. The van der Waals surface area contributed by atoms with Gasteiger partial charge in [-0.25, -0.2) is 0 Å². The Morgan fingerprint density at radius 1 is 1.33 bits per heavy atom. The van der Waals surface area contributed by atoms with Crippen LogP contribution >= 0.6 is 11.8 Å². The van der Waals surface area contributed by atoms with Crippen molar-refractivity contribution in [3.8, 4) is 0 Å². The summed E-state index contributed by atoms with van der Waals surface area (Å²) in [6.07, 6.45) is 0. The smallest absolute Gasteiger partial charge is 0.0624 e. The highest BCUT2D eigenvalue weighted by molar-refractivity contribution is 7.99. The number of hydrogen-bond acceptors (Lipinski definition) is 3. The lowest BCUT2D eigenvalue weighted by molar-refractivity contribution is 0.174. The molecule has 0 saturated heterocycles. The van der Waals surface area contributed by atoms with Crippen molar-refractivity contribution in [2.24, 2.45) is 0 Å². The molecule has 0 spiro atoms. The predicted molar refractivity (Wildman–Crippen MR) is 66.5 cm³/mol. The molecule has 0 aliphatic heterocycles. The van der Waals surface area contributed by atoms with Crippen molar-refractivity contribution in [3.05, 3.63) is 30.3 Å². The van der Waals surface area contributed by atoms with Gasteiger partial charge in [-0.2, -0.15) is 0 Å². The number of likely N-dealkylation sites (N-methyl/N-ethyl adjacent to an activating group) is 1. The molecule has 0 radical (unpaired) electrons. The molecule has 84 valence electrons. The highest BCUT2D eigenvalue weighted by Crippen LogP contribution is 2.17. The first-order valence-corrected chi connectivity index (χ1v) is 6.25. The van der Waals surface area contributed by atoms with E-state index in [4.69, 9.17) is 4.74 Å². The molecule has 1 rings (SSSR count). The molecular weight excluding hydrogens is 206 g/mol. The Hall–Kier alpha value is -0.510. The van der Waals surface area contributed by atoms with Gasteiger partial charge < -0.3 is 10.1 Å². The van der Waals surface area contributed by atoms with Crippen LogP contribution in [0.3, 0.4) is 0 Å². The molecular formula is C12H19NOS. The monoisotopic (exact) mass is 225 g/mol. The largest absolute Gasteiger partial charge is 0.383 e. The molecule has 1 aromatic rings. The van der Waals surface area contributed by atoms with Gasteiger partial charge in [0.2, 0.25) is 0 Å². The fraction of sp³-hybridized carbons (Fsp3) is 0.500. The quantitative estimate of drug-likeness (QED) is 0.720. The fourth-order valence-corrected chi connectivity index (χ4v) is 2.33. The second-order valence-electron chi connectivity index (χ2n) is 3.33. The minimum Gasteiger partial charge on any atom is -0.383 e. The van der Waals surface area contributed by atoms with Crippen molar-refractivity contribution in [2.45, 2.75) is 17.9 Å². The molecule has 1 unspecified atom stereocenters. The first-order chi connectivity index (χ1) is 7.36. The summed E-state index contributed by atoms with van der Waals surface area (Å²) >= 11 is 1.87. The normalized spacial score (nSPS) is 12.7. The van der Waals surface area contributed by atoms with Crippen LogP contribution < -0.4 is 5.32 Å². The van der Waals surface area contributed by atoms with E-state index in [0.717, 1.165) is 18.9 Å². The van der Waals surface area contributed by atoms with Gasteiger partial charge >= 0.3 is 0 Å². The van der Waals surface area contributed by atoms with Crippen LogP contribution in [0.2, 0.25) is 0 Å². The fourth-order valence-electron chi connectivity index (χ4n) is 1.37. The summed E-state index contributed by atoms with van der Waals surface area (Å²) in [7, 11) is 1.75. The third-order valence-corrected chi connectivity index (χ3v) is 3.23. The molecule has 0 aromatic heterocycles. The molecule has 1 atom stereocenters. The van der Waals surface area contributed by atoms with Crippen LogP contribution in [0.4, 0.5) is 0 Å². The Labute approximate surface area is 96.4 Å². The zero-order valence-corrected chi connectivity index (χ0v) is 10.2. The van der Waals surface area contributed by atoms with E-state index in [2.05, 4.69) is 36.5 Å². The molecule has 0 aliphatic carbocycles. The molecule has 3 heteroatoms. The number of methoxy groups -OCH3 is 1. The Balaban J connectivity index is 2.33. The highest BCUT2D eigenvalue weighted by atomic mass is 32.2. The van der Waals surface area contributed by atoms with E-state index in [1.807, 2.05) is 17.8 Å². The number of thioether (sulfide) groups is 1. The second kappa shape index (κ2) is 7.74. The minimum absolute atomic E-state index is 0.435. The zero-order valence-electron chi connectivity index (χ0n) is 9.40. The van der Waals surface area contributed by atoms with Gasteiger partial charge in [-0.1, -0.05) is 25.1 Å². The summed E-state index contributed by atoms with van der Waals surface area (Å²) in [6, 6.07) is 10.9. The van der Waals surface area contributed by atoms with Gasteiger partial charge in [-0.3, -0.25) is 0 Å². The van der Waals surface area contributed by atoms with Crippen LogP contribution in [0.1, 0.15) is 6.92 Å². The van der Waals surface area contributed by atoms with E-state index in [0.29, 0.717) is 6.04 Å². The summed E-state index contributed by atoms with van der Waals surface area (Å²) in [5.74, 6) is 1.05. The topological polar surface area (TPSA) is 21.3 Å². The third-order valence-electron chi connectivity index (χ3n) is 2.06. The van der Waals surface area contributed by atoms with Crippen LogP contribution in [0, 0.1) is 0 Å². The van der Waals surface area contributed by atoms with Crippen LogP contribution in [-0.2, 0) is 4.74 Å². The van der Waals surface area contributed by atoms with Crippen LogP contribution in [0.15, 0.2) is 35.2 Å². The molecule has 0 amide bonds. The predicted octanol–water partition coefficient (Wildman–Crippen LogP) is 2.40. The van der Waals surface area contributed by atoms with Gasteiger partial charge in [0.05, 0.1) is 6.61 Å². The summed E-state index contributed by atoms with van der Waals surface area (Å²) in [5, 5.41) is 3.41. The van der Waals surface area contributed by atoms with E-state index in [-0.39, 0.29) is 0 Å².